The summed E-state index contributed by atoms with van der Waals surface area (Å²) in [4.78, 5) is 33.8. The van der Waals surface area contributed by atoms with E-state index in [9.17, 15) is 14.0 Å². The number of nitrogens with zero attached hydrogens (tertiary/aromatic N) is 2. The molecule has 3 aromatic carbocycles. The lowest BCUT2D eigenvalue weighted by Crippen LogP contribution is -2.37. The normalized spacial score (nSPS) is 22.7. The molecule has 0 radical (unpaired) electrons. The smallest absolute Gasteiger partial charge is 0.266 e. The van der Waals surface area contributed by atoms with Gasteiger partial charge in [0.25, 0.3) is 5.91 Å². The molecule has 6 nitrogen and oxygen atoms in total. The Morgan fingerprint density at radius 2 is 1.52 bits per heavy atom. The Hall–Kier alpha value is -3.71. The van der Waals surface area contributed by atoms with Crippen molar-refractivity contribution in [2.75, 3.05) is 17.1 Å². The average Bonchev–Trinajstić information content (AvgIpc) is 3.31. The van der Waals surface area contributed by atoms with Gasteiger partial charge in [0.15, 0.2) is 6.10 Å². The van der Waals surface area contributed by atoms with Gasteiger partial charge >= 0.3 is 0 Å². The Kier molecular flexibility index (Phi) is 4.67. The van der Waals surface area contributed by atoms with Crippen molar-refractivity contribution >= 4 is 23.2 Å². The van der Waals surface area contributed by atoms with Crippen LogP contribution < -0.4 is 14.7 Å². The summed E-state index contributed by atoms with van der Waals surface area (Å²) in [6.45, 7) is 0. The monoisotopic (exact) mass is 418 g/mol. The maximum atomic E-state index is 13.4. The fourth-order valence-corrected chi connectivity index (χ4v) is 4.20. The Morgan fingerprint density at radius 3 is 2.16 bits per heavy atom. The lowest BCUT2D eigenvalue weighted by molar-refractivity contribution is -0.126. The summed E-state index contributed by atoms with van der Waals surface area (Å²) >= 11 is 0. The summed E-state index contributed by atoms with van der Waals surface area (Å²) in [5, 5.41) is 1.63. The number of hydrogen-bond donors (Lipinski definition) is 0. The Morgan fingerprint density at radius 1 is 0.839 bits per heavy atom. The molecule has 2 fully saturated rings. The summed E-state index contributed by atoms with van der Waals surface area (Å²) in [6.07, 6.45) is -0.968. The molecule has 0 bridgehead atoms. The first-order valence-corrected chi connectivity index (χ1v) is 9.87. The number of benzene rings is 3. The van der Waals surface area contributed by atoms with Gasteiger partial charge < -0.3 is 4.74 Å². The Bertz CT molecular complexity index is 1120. The van der Waals surface area contributed by atoms with Crippen molar-refractivity contribution in [1.29, 1.82) is 0 Å². The third-order valence-electron chi connectivity index (χ3n) is 5.67. The van der Waals surface area contributed by atoms with Crippen molar-refractivity contribution in [2.24, 2.45) is 5.92 Å². The lowest BCUT2D eigenvalue weighted by atomic mass is 9.90. The molecule has 31 heavy (non-hydrogen) atoms. The van der Waals surface area contributed by atoms with Gasteiger partial charge in [0.2, 0.25) is 5.91 Å². The highest BCUT2D eigenvalue weighted by atomic mass is 19.1. The molecular weight excluding hydrogens is 399 g/mol. The topological polar surface area (TPSA) is 59.1 Å². The largest absolute Gasteiger partial charge is 0.497 e. The zero-order chi connectivity index (χ0) is 21.5. The molecule has 3 atom stereocenters. The first-order chi connectivity index (χ1) is 15.1. The molecule has 2 amide bonds. The number of anilines is 2. The van der Waals surface area contributed by atoms with E-state index in [1.807, 2.05) is 54.6 Å². The van der Waals surface area contributed by atoms with Gasteiger partial charge in [0.05, 0.1) is 24.5 Å². The van der Waals surface area contributed by atoms with Gasteiger partial charge in [-0.25, -0.2) is 14.4 Å². The van der Waals surface area contributed by atoms with E-state index in [0.29, 0.717) is 11.4 Å². The van der Waals surface area contributed by atoms with Gasteiger partial charge in [0, 0.05) is 0 Å². The molecular formula is C24H19FN2O4. The third kappa shape index (κ3) is 3.14. The zero-order valence-electron chi connectivity index (χ0n) is 16.6. The number of rotatable bonds is 4. The van der Waals surface area contributed by atoms with E-state index in [4.69, 9.17) is 9.57 Å². The molecule has 7 heteroatoms. The molecule has 2 saturated heterocycles. The number of imide groups is 1. The van der Waals surface area contributed by atoms with E-state index in [1.165, 1.54) is 24.3 Å². The van der Waals surface area contributed by atoms with E-state index in [0.717, 1.165) is 16.2 Å². The van der Waals surface area contributed by atoms with Crippen LogP contribution >= 0.6 is 0 Å². The Balaban J connectivity index is 1.57. The van der Waals surface area contributed by atoms with Crippen molar-refractivity contribution in [3.63, 3.8) is 0 Å². The number of carbonyl (C=O) groups is 2. The molecule has 156 valence electrons. The quantitative estimate of drug-likeness (QED) is 0.602. The van der Waals surface area contributed by atoms with Gasteiger partial charge in [-0.15, -0.1) is 0 Å². The van der Waals surface area contributed by atoms with E-state index in [2.05, 4.69) is 0 Å². The summed E-state index contributed by atoms with van der Waals surface area (Å²) in [7, 11) is 1.58. The van der Waals surface area contributed by atoms with Crippen molar-refractivity contribution in [3.8, 4) is 5.75 Å². The molecule has 0 aromatic heterocycles. The summed E-state index contributed by atoms with van der Waals surface area (Å²) < 4.78 is 18.6. The molecule has 0 aliphatic carbocycles. The minimum atomic E-state index is -0.968. The van der Waals surface area contributed by atoms with Crippen LogP contribution in [-0.4, -0.2) is 25.0 Å². The number of fused-ring (bicyclic) bond motifs is 1. The summed E-state index contributed by atoms with van der Waals surface area (Å²) in [5.41, 5.74) is 1.89. The average molecular weight is 418 g/mol. The van der Waals surface area contributed by atoms with Crippen LogP contribution in [-0.2, 0) is 14.4 Å². The van der Waals surface area contributed by atoms with E-state index < -0.39 is 29.8 Å². The third-order valence-corrected chi connectivity index (χ3v) is 5.67. The predicted molar refractivity (Wildman–Crippen MR) is 112 cm³/mol. The predicted octanol–water partition coefficient (Wildman–Crippen LogP) is 3.89. The minimum absolute atomic E-state index is 0.328. The fourth-order valence-electron chi connectivity index (χ4n) is 4.20. The second-order valence-corrected chi connectivity index (χ2v) is 7.42. The van der Waals surface area contributed by atoms with Crippen molar-refractivity contribution in [1.82, 2.24) is 0 Å². The maximum Gasteiger partial charge on any atom is 0.266 e. The highest BCUT2D eigenvalue weighted by Crippen LogP contribution is 2.47. The zero-order valence-corrected chi connectivity index (χ0v) is 16.6. The number of hydroxylamine groups is 1. The first-order valence-electron chi connectivity index (χ1n) is 9.87. The molecule has 0 N–H and O–H groups in total. The van der Waals surface area contributed by atoms with Crippen LogP contribution in [0.15, 0.2) is 78.9 Å². The van der Waals surface area contributed by atoms with Crippen LogP contribution in [0.5, 0.6) is 5.75 Å². The molecule has 0 spiro atoms. The number of carbonyl (C=O) groups excluding carboxylic acids is 2. The first kappa shape index (κ1) is 19.3. The van der Waals surface area contributed by atoms with Crippen LogP contribution in [0.25, 0.3) is 0 Å². The maximum absolute atomic E-state index is 13.4. The van der Waals surface area contributed by atoms with Crippen LogP contribution in [0, 0.1) is 11.7 Å². The van der Waals surface area contributed by atoms with Crippen LogP contribution in [0.1, 0.15) is 11.6 Å². The van der Waals surface area contributed by atoms with Crippen LogP contribution in [0.2, 0.25) is 0 Å². The number of amides is 2. The van der Waals surface area contributed by atoms with Crippen LogP contribution in [0.4, 0.5) is 15.8 Å². The molecule has 3 unspecified atom stereocenters. The van der Waals surface area contributed by atoms with Gasteiger partial charge in [-0.05, 0) is 54.1 Å². The number of halogens is 1. The van der Waals surface area contributed by atoms with Gasteiger partial charge in [-0.1, -0.05) is 30.3 Å². The van der Waals surface area contributed by atoms with Crippen LogP contribution in [0.3, 0.4) is 0 Å². The number of ether oxygens (including phenoxy) is 1. The Labute approximate surface area is 178 Å². The van der Waals surface area contributed by atoms with Gasteiger partial charge in [0.1, 0.15) is 17.5 Å². The van der Waals surface area contributed by atoms with Crippen molar-refractivity contribution in [2.45, 2.75) is 12.1 Å². The van der Waals surface area contributed by atoms with E-state index >= 15 is 0 Å². The molecule has 2 heterocycles. The van der Waals surface area contributed by atoms with Gasteiger partial charge in [-0.3, -0.25) is 14.4 Å². The van der Waals surface area contributed by atoms with Crippen molar-refractivity contribution in [3.05, 3.63) is 90.2 Å². The second-order valence-electron chi connectivity index (χ2n) is 7.42. The SMILES string of the molecule is COc1ccc(C2C3C(=O)N(c4ccc(F)cc4)C(=O)C3ON2c2ccccc2)cc1. The number of methoxy groups -OCH3 is 1. The molecule has 0 saturated carbocycles. The van der Waals surface area contributed by atoms with Gasteiger partial charge in [-0.2, -0.15) is 0 Å². The fraction of sp³-hybridized carbons (Fsp3) is 0.167. The highest BCUT2D eigenvalue weighted by Gasteiger charge is 2.60. The molecule has 5 rings (SSSR count). The second kappa shape index (κ2) is 7.52. The number of para-hydroxylation sites is 1. The van der Waals surface area contributed by atoms with Crippen molar-refractivity contribution < 1.29 is 23.6 Å². The summed E-state index contributed by atoms with van der Waals surface area (Å²) in [6, 6.07) is 21.5. The highest BCUT2D eigenvalue weighted by molar-refractivity contribution is 6.23. The van der Waals surface area contributed by atoms with E-state index in [-0.39, 0.29) is 5.91 Å². The minimum Gasteiger partial charge on any atom is -0.497 e. The molecule has 2 aliphatic heterocycles. The lowest BCUT2D eigenvalue weighted by Gasteiger charge is -2.28. The number of hydrogen-bond acceptors (Lipinski definition) is 5. The molecule has 3 aromatic rings. The van der Waals surface area contributed by atoms with E-state index in [1.54, 1.807) is 12.2 Å². The standard InChI is InChI=1S/C24H19FN2O4/c1-30-19-13-7-15(8-14-19)21-20-22(31-27(21)18-5-3-2-4-6-18)24(29)26(23(20)28)17-11-9-16(25)10-12-17/h2-14,20-22H,1H3. The molecule has 2 aliphatic rings. The summed E-state index contributed by atoms with van der Waals surface area (Å²) in [5.74, 6) is -1.33.